The van der Waals surface area contributed by atoms with Crippen LogP contribution in [0.1, 0.15) is 41.9 Å². The van der Waals surface area contributed by atoms with Gasteiger partial charge in [-0.2, -0.15) is 0 Å². The highest BCUT2D eigenvalue weighted by Crippen LogP contribution is 2.19. The van der Waals surface area contributed by atoms with Crippen molar-refractivity contribution in [2.24, 2.45) is 0 Å². The molecule has 2 rings (SSSR count). The second-order valence-electron chi connectivity index (χ2n) is 4.48. The zero-order valence-corrected chi connectivity index (χ0v) is 11.8. The van der Waals surface area contributed by atoms with Crippen molar-refractivity contribution in [3.8, 4) is 0 Å². The van der Waals surface area contributed by atoms with Gasteiger partial charge in [-0.1, -0.05) is 0 Å². The number of amides is 1. The molecule has 1 unspecified atom stereocenters. The lowest BCUT2D eigenvalue weighted by molar-refractivity contribution is 0.0950. The Hall–Kier alpha value is -2.37. The standard InChI is InChI=1S/C14H18N4O2/c1-4-15-14(19)11-6-8-13(18-17-11)16-10(3)12-7-5-9(2)20-12/h5-8,10H,4H2,1-3H3,(H,15,19)(H,16,18). The van der Waals surface area contributed by atoms with Crippen LogP contribution >= 0.6 is 0 Å². The Morgan fingerprint density at radius 1 is 1.30 bits per heavy atom. The second kappa shape index (κ2) is 6.18. The molecule has 1 atom stereocenters. The van der Waals surface area contributed by atoms with Gasteiger partial charge in [-0.3, -0.25) is 4.79 Å². The number of hydrogen-bond donors (Lipinski definition) is 2. The molecule has 6 nitrogen and oxygen atoms in total. The van der Waals surface area contributed by atoms with Crippen molar-refractivity contribution in [3.63, 3.8) is 0 Å². The monoisotopic (exact) mass is 274 g/mol. The first kappa shape index (κ1) is 14.0. The molecule has 0 aromatic carbocycles. The van der Waals surface area contributed by atoms with Gasteiger partial charge in [0.2, 0.25) is 0 Å². The minimum absolute atomic E-state index is 0.0201. The molecule has 0 aliphatic heterocycles. The Balaban J connectivity index is 2.01. The molecule has 106 valence electrons. The summed E-state index contributed by atoms with van der Waals surface area (Å²) in [6, 6.07) is 7.18. The minimum atomic E-state index is -0.221. The smallest absolute Gasteiger partial charge is 0.271 e. The number of aryl methyl sites for hydroxylation is 1. The highest BCUT2D eigenvalue weighted by molar-refractivity contribution is 5.92. The number of aromatic nitrogens is 2. The molecule has 0 fully saturated rings. The average Bonchev–Trinajstić information content (AvgIpc) is 2.86. The Morgan fingerprint density at radius 3 is 2.65 bits per heavy atom. The van der Waals surface area contributed by atoms with E-state index >= 15 is 0 Å². The number of furan rings is 1. The average molecular weight is 274 g/mol. The summed E-state index contributed by atoms with van der Waals surface area (Å²) in [5.41, 5.74) is 0.305. The largest absolute Gasteiger partial charge is 0.464 e. The lowest BCUT2D eigenvalue weighted by Crippen LogP contribution is -2.24. The summed E-state index contributed by atoms with van der Waals surface area (Å²) in [5.74, 6) is 2.07. The summed E-state index contributed by atoms with van der Waals surface area (Å²) in [4.78, 5) is 11.6. The van der Waals surface area contributed by atoms with Crippen molar-refractivity contribution in [1.29, 1.82) is 0 Å². The summed E-state index contributed by atoms with van der Waals surface area (Å²) in [7, 11) is 0. The summed E-state index contributed by atoms with van der Waals surface area (Å²) in [5, 5.41) is 13.7. The Morgan fingerprint density at radius 2 is 2.10 bits per heavy atom. The van der Waals surface area contributed by atoms with Crippen molar-refractivity contribution < 1.29 is 9.21 Å². The maximum Gasteiger partial charge on any atom is 0.271 e. The van der Waals surface area contributed by atoms with E-state index in [1.807, 2.05) is 32.9 Å². The zero-order valence-electron chi connectivity index (χ0n) is 11.8. The predicted octanol–water partition coefficient (Wildman–Crippen LogP) is 2.30. The molecule has 6 heteroatoms. The van der Waals surface area contributed by atoms with Gasteiger partial charge in [0.25, 0.3) is 5.91 Å². The lowest BCUT2D eigenvalue weighted by atomic mass is 10.2. The van der Waals surface area contributed by atoms with Gasteiger partial charge in [0.1, 0.15) is 17.3 Å². The molecule has 0 spiro atoms. The Kier molecular flexibility index (Phi) is 4.34. The lowest BCUT2D eigenvalue weighted by Gasteiger charge is -2.11. The van der Waals surface area contributed by atoms with Crippen molar-refractivity contribution in [1.82, 2.24) is 15.5 Å². The fourth-order valence-electron chi connectivity index (χ4n) is 1.76. The first-order valence-corrected chi connectivity index (χ1v) is 6.55. The first-order chi connectivity index (χ1) is 9.60. The van der Waals surface area contributed by atoms with Gasteiger partial charge in [-0.15, -0.1) is 10.2 Å². The number of nitrogens with zero attached hydrogens (tertiary/aromatic N) is 2. The van der Waals surface area contributed by atoms with Crippen LogP contribution in [-0.2, 0) is 0 Å². The molecule has 0 aliphatic rings. The van der Waals surface area contributed by atoms with E-state index in [1.165, 1.54) is 0 Å². The van der Waals surface area contributed by atoms with Gasteiger partial charge < -0.3 is 15.1 Å². The maximum atomic E-state index is 11.6. The van der Waals surface area contributed by atoms with E-state index in [4.69, 9.17) is 4.42 Å². The molecule has 2 heterocycles. The topological polar surface area (TPSA) is 80.0 Å². The number of carbonyl (C=O) groups excluding carboxylic acids is 1. The van der Waals surface area contributed by atoms with Crippen molar-refractivity contribution >= 4 is 11.7 Å². The Labute approximate surface area is 117 Å². The van der Waals surface area contributed by atoms with Crippen LogP contribution in [0.25, 0.3) is 0 Å². The van der Waals surface area contributed by atoms with Crippen LogP contribution in [-0.4, -0.2) is 22.6 Å². The third-order valence-corrected chi connectivity index (χ3v) is 2.79. The summed E-state index contributed by atoms with van der Waals surface area (Å²) < 4.78 is 5.54. The van der Waals surface area contributed by atoms with Gasteiger partial charge in [0, 0.05) is 6.54 Å². The van der Waals surface area contributed by atoms with Gasteiger partial charge in [-0.25, -0.2) is 0 Å². The van der Waals surface area contributed by atoms with Crippen LogP contribution in [0.15, 0.2) is 28.7 Å². The van der Waals surface area contributed by atoms with Crippen LogP contribution in [0.5, 0.6) is 0 Å². The molecule has 0 aliphatic carbocycles. The van der Waals surface area contributed by atoms with Crippen molar-refractivity contribution in [3.05, 3.63) is 41.5 Å². The number of carbonyl (C=O) groups is 1. The van der Waals surface area contributed by atoms with E-state index in [9.17, 15) is 4.79 Å². The zero-order chi connectivity index (χ0) is 14.5. The van der Waals surface area contributed by atoms with Gasteiger partial charge >= 0.3 is 0 Å². The normalized spacial score (nSPS) is 11.9. The highest BCUT2D eigenvalue weighted by Gasteiger charge is 2.11. The molecular formula is C14H18N4O2. The van der Waals surface area contributed by atoms with Gasteiger partial charge in [-0.05, 0) is 45.0 Å². The third-order valence-electron chi connectivity index (χ3n) is 2.79. The fraction of sp³-hybridized carbons (Fsp3) is 0.357. The number of anilines is 1. The van der Waals surface area contributed by atoms with Crippen LogP contribution in [0.3, 0.4) is 0 Å². The maximum absolute atomic E-state index is 11.6. The number of rotatable bonds is 5. The van der Waals surface area contributed by atoms with E-state index in [1.54, 1.807) is 12.1 Å². The quantitative estimate of drug-likeness (QED) is 0.874. The van der Waals surface area contributed by atoms with E-state index in [0.717, 1.165) is 11.5 Å². The fourth-order valence-corrected chi connectivity index (χ4v) is 1.76. The van der Waals surface area contributed by atoms with E-state index in [2.05, 4.69) is 20.8 Å². The second-order valence-corrected chi connectivity index (χ2v) is 4.48. The van der Waals surface area contributed by atoms with Gasteiger partial charge in [0.15, 0.2) is 5.69 Å². The summed E-state index contributed by atoms with van der Waals surface area (Å²) in [6.45, 7) is 6.29. The van der Waals surface area contributed by atoms with E-state index in [0.29, 0.717) is 18.1 Å². The molecule has 0 saturated carbocycles. The predicted molar refractivity (Wildman–Crippen MR) is 75.5 cm³/mol. The molecule has 2 N–H and O–H groups in total. The van der Waals surface area contributed by atoms with Crippen LogP contribution < -0.4 is 10.6 Å². The van der Waals surface area contributed by atoms with Crippen LogP contribution in [0.2, 0.25) is 0 Å². The van der Waals surface area contributed by atoms with E-state index in [-0.39, 0.29) is 11.9 Å². The van der Waals surface area contributed by atoms with Crippen LogP contribution in [0, 0.1) is 6.92 Å². The number of hydrogen-bond acceptors (Lipinski definition) is 5. The number of nitrogens with one attached hydrogen (secondary N) is 2. The van der Waals surface area contributed by atoms with Crippen molar-refractivity contribution in [2.75, 3.05) is 11.9 Å². The van der Waals surface area contributed by atoms with E-state index < -0.39 is 0 Å². The molecule has 20 heavy (non-hydrogen) atoms. The molecular weight excluding hydrogens is 256 g/mol. The summed E-state index contributed by atoms with van der Waals surface area (Å²) in [6.07, 6.45) is 0. The SMILES string of the molecule is CCNC(=O)c1ccc(NC(C)c2ccc(C)o2)nn1. The molecule has 2 aromatic rings. The minimum Gasteiger partial charge on any atom is -0.464 e. The van der Waals surface area contributed by atoms with Crippen molar-refractivity contribution in [2.45, 2.75) is 26.8 Å². The molecule has 0 saturated heterocycles. The van der Waals surface area contributed by atoms with Gasteiger partial charge in [0.05, 0.1) is 6.04 Å². The third kappa shape index (κ3) is 3.34. The molecule has 0 radical (unpaired) electrons. The molecule has 1 amide bonds. The molecule has 0 bridgehead atoms. The first-order valence-electron chi connectivity index (χ1n) is 6.55. The Bertz CT molecular complexity index is 577. The molecule has 2 aromatic heterocycles. The highest BCUT2D eigenvalue weighted by atomic mass is 16.3. The summed E-state index contributed by atoms with van der Waals surface area (Å²) >= 11 is 0. The van der Waals surface area contributed by atoms with Crippen LogP contribution in [0.4, 0.5) is 5.82 Å².